The molecular formula is C15H21F2O4PS. The molecule has 1 heterocycles. The average molecular weight is 366 g/mol. The zero-order chi connectivity index (χ0) is 17.7. The van der Waals surface area contributed by atoms with E-state index >= 15 is 0 Å². The van der Waals surface area contributed by atoms with Crippen molar-refractivity contribution >= 4 is 24.7 Å². The van der Waals surface area contributed by atoms with Crippen LogP contribution in [-0.2, 0) is 13.6 Å². The first-order chi connectivity index (χ1) is 10.7. The molecule has 0 atom stereocenters. The minimum absolute atomic E-state index is 0.0721. The van der Waals surface area contributed by atoms with Crippen molar-refractivity contribution in [3.63, 3.8) is 0 Å². The van der Waals surface area contributed by atoms with Crippen molar-refractivity contribution in [1.82, 2.24) is 0 Å². The summed E-state index contributed by atoms with van der Waals surface area (Å²) in [6.07, 6.45) is -0.983. The Bertz CT molecular complexity index is 597. The lowest BCUT2D eigenvalue weighted by Crippen LogP contribution is -2.23. The Morgan fingerprint density at radius 2 is 1.83 bits per heavy atom. The molecule has 23 heavy (non-hydrogen) atoms. The van der Waals surface area contributed by atoms with E-state index in [1.807, 2.05) is 0 Å². The fourth-order valence-electron chi connectivity index (χ4n) is 1.92. The monoisotopic (exact) mass is 366 g/mol. The Kier molecular flexibility index (Phi) is 7.27. The van der Waals surface area contributed by atoms with Crippen molar-refractivity contribution in [2.45, 2.75) is 39.8 Å². The number of thiophene rings is 1. The summed E-state index contributed by atoms with van der Waals surface area (Å²) in [7, 11) is -4.65. The first-order valence-corrected chi connectivity index (χ1v) is 9.62. The molecule has 1 aromatic rings. The molecule has 0 amide bonds. The highest BCUT2D eigenvalue weighted by Gasteiger charge is 2.54. The zero-order valence-corrected chi connectivity index (χ0v) is 15.3. The van der Waals surface area contributed by atoms with Crippen LogP contribution in [0.5, 0.6) is 0 Å². The smallest absolute Gasteiger partial charge is 0.305 e. The van der Waals surface area contributed by atoms with Gasteiger partial charge in [-0.1, -0.05) is 11.6 Å². The molecule has 1 rings (SSSR count). The van der Waals surface area contributed by atoms with Crippen LogP contribution in [0.1, 0.15) is 43.8 Å². The van der Waals surface area contributed by atoms with Gasteiger partial charge in [-0.15, -0.1) is 11.3 Å². The van der Waals surface area contributed by atoms with Crippen LogP contribution in [0.15, 0.2) is 28.7 Å². The van der Waals surface area contributed by atoms with Gasteiger partial charge in [0, 0.05) is 5.57 Å². The Labute approximate surface area is 139 Å². The number of rotatable bonds is 9. The van der Waals surface area contributed by atoms with Crippen molar-refractivity contribution in [3.05, 3.63) is 33.5 Å². The van der Waals surface area contributed by atoms with E-state index in [1.54, 1.807) is 31.4 Å². The lowest BCUT2D eigenvalue weighted by atomic mass is 10.0. The van der Waals surface area contributed by atoms with E-state index in [0.29, 0.717) is 10.5 Å². The minimum Gasteiger partial charge on any atom is -0.305 e. The lowest BCUT2D eigenvalue weighted by Gasteiger charge is -2.26. The maximum absolute atomic E-state index is 14.6. The largest absolute Gasteiger partial charge is 0.399 e. The summed E-state index contributed by atoms with van der Waals surface area (Å²) in [5.74, 6) is -0.487. The van der Waals surface area contributed by atoms with Gasteiger partial charge in [-0.3, -0.25) is 9.36 Å². The van der Waals surface area contributed by atoms with Crippen LogP contribution in [0.4, 0.5) is 8.78 Å². The van der Waals surface area contributed by atoms with Crippen LogP contribution in [0.3, 0.4) is 0 Å². The van der Waals surface area contributed by atoms with Gasteiger partial charge in [-0.2, -0.15) is 8.78 Å². The van der Waals surface area contributed by atoms with Gasteiger partial charge in [0.25, 0.3) is 0 Å². The predicted molar refractivity (Wildman–Crippen MR) is 87.4 cm³/mol. The number of hydrogen-bond donors (Lipinski definition) is 0. The zero-order valence-electron chi connectivity index (χ0n) is 13.6. The number of halogens is 2. The first-order valence-electron chi connectivity index (χ1n) is 7.20. The first kappa shape index (κ1) is 20.2. The second kappa shape index (κ2) is 8.29. The number of carbonyl (C=O) groups is 1. The quantitative estimate of drug-likeness (QED) is 0.328. The van der Waals surface area contributed by atoms with Gasteiger partial charge in [0.05, 0.1) is 24.5 Å². The standard InChI is InChI=1S/C15H21F2O4PS/c1-5-20-22(19,21-6-2)15(16,17)10-12(11(3)4)14(18)13-8-7-9-23-13/h7-9H,5-6,10H2,1-4H3. The third-order valence-corrected chi connectivity index (χ3v) is 6.04. The molecule has 0 fully saturated rings. The summed E-state index contributed by atoms with van der Waals surface area (Å²) in [6, 6.07) is 3.24. The minimum atomic E-state index is -4.65. The molecule has 0 N–H and O–H groups in total. The van der Waals surface area contributed by atoms with Crippen LogP contribution in [0.25, 0.3) is 0 Å². The normalized spacial score (nSPS) is 12.3. The molecule has 0 spiro atoms. The van der Waals surface area contributed by atoms with E-state index in [4.69, 9.17) is 9.05 Å². The summed E-state index contributed by atoms with van der Waals surface area (Å²) in [5.41, 5.74) is -3.40. The molecule has 1 aromatic heterocycles. The predicted octanol–water partition coefficient (Wildman–Crippen LogP) is 5.52. The number of alkyl halides is 2. The summed E-state index contributed by atoms with van der Waals surface area (Å²) >= 11 is 1.17. The third-order valence-electron chi connectivity index (χ3n) is 3.01. The molecule has 0 radical (unpaired) electrons. The Morgan fingerprint density at radius 1 is 1.26 bits per heavy atom. The van der Waals surface area contributed by atoms with Crippen molar-refractivity contribution < 1.29 is 27.2 Å². The summed E-state index contributed by atoms with van der Waals surface area (Å²) in [5, 5.41) is 1.69. The number of allylic oxidation sites excluding steroid dienone is 2. The van der Waals surface area contributed by atoms with Crippen LogP contribution in [0.2, 0.25) is 0 Å². The van der Waals surface area contributed by atoms with Crippen molar-refractivity contribution in [2.24, 2.45) is 0 Å². The van der Waals surface area contributed by atoms with E-state index < -0.39 is 25.5 Å². The second-order valence-corrected chi connectivity index (χ2v) is 8.07. The molecule has 0 aliphatic carbocycles. The molecule has 0 saturated heterocycles. The Balaban J connectivity index is 3.15. The maximum atomic E-state index is 14.6. The van der Waals surface area contributed by atoms with Gasteiger partial charge >= 0.3 is 13.3 Å². The van der Waals surface area contributed by atoms with Gasteiger partial charge in [0.1, 0.15) is 0 Å². The van der Waals surface area contributed by atoms with Gasteiger partial charge in [-0.05, 0) is 39.1 Å². The molecule has 0 saturated carbocycles. The average Bonchev–Trinajstić information content (AvgIpc) is 2.98. The number of Topliss-reactive ketones (excluding diaryl/α,β-unsaturated/α-hetero) is 1. The lowest BCUT2D eigenvalue weighted by molar-refractivity contribution is 0.0383. The van der Waals surface area contributed by atoms with Crippen LogP contribution >= 0.6 is 18.9 Å². The summed E-state index contributed by atoms with van der Waals surface area (Å²) in [6.45, 7) is 5.72. The fourth-order valence-corrected chi connectivity index (χ4v) is 4.09. The van der Waals surface area contributed by atoms with E-state index in [2.05, 4.69) is 0 Å². The van der Waals surface area contributed by atoms with Crippen molar-refractivity contribution in [3.8, 4) is 0 Å². The molecule has 0 aromatic carbocycles. The molecule has 0 bridgehead atoms. The van der Waals surface area contributed by atoms with Gasteiger partial charge < -0.3 is 9.05 Å². The molecule has 4 nitrogen and oxygen atoms in total. The number of ketones is 1. The van der Waals surface area contributed by atoms with Crippen LogP contribution in [-0.4, -0.2) is 24.7 Å². The van der Waals surface area contributed by atoms with Crippen LogP contribution < -0.4 is 0 Å². The maximum Gasteiger partial charge on any atom is 0.399 e. The molecule has 130 valence electrons. The van der Waals surface area contributed by atoms with Gasteiger partial charge in [-0.25, -0.2) is 0 Å². The van der Waals surface area contributed by atoms with E-state index in [0.717, 1.165) is 0 Å². The number of carbonyl (C=O) groups excluding carboxylic acids is 1. The molecule has 8 heteroatoms. The van der Waals surface area contributed by atoms with Crippen LogP contribution in [0, 0.1) is 0 Å². The Morgan fingerprint density at radius 3 is 2.22 bits per heavy atom. The molecule has 0 aliphatic heterocycles. The van der Waals surface area contributed by atoms with E-state index in [9.17, 15) is 18.1 Å². The van der Waals surface area contributed by atoms with E-state index in [1.165, 1.54) is 25.2 Å². The summed E-state index contributed by atoms with van der Waals surface area (Å²) in [4.78, 5) is 12.8. The highest BCUT2D eigenvalue weighted by Crippen LogP contribution is 2.64. The molecular weight excluding hydrogens is 345 g/mol. The Hall–Kier alpha value is -0.880. The van der Waals surface area contributed by atoms with E-state index in [-0.39, 0.29) is 18.8 Å². The molecule has 0 aliphatic rings. The summed E-state index contributed by atoms with van der Waals surface area (Å²) < 4.78 is 51.0. The number of hydrogen-bond acceptors (Lipinski definition) is 5. The SMILES string of the molecule is CCOP(=O)(OCC)C(F)(F)CC(C(=O)c1cccs1)=C(C)C. The second-order valence-electron chi connectivity index (χ2n) is 4.96. The van der Waals surface area contributed by atoms with Crippen molar-refractivity contribution in [2.75, 3.05) is 13.2 Å². The highest BCUT2D eigenvalue weighted by molar-refractivity contribution is 7.55. The fraction of sp³-hybridized carbons (Fsp3) is 0.533. The van der Waals surface area contributed by atoms with Gasteiger partial charge in [0.15, 0.2) is 5.78 Å². The van der Waals surface area contributed by atoms with Crippen molar-refractivity contribution in [1.29, 1.82) is 0 Å². The van der Waals surface area contributed by atoms with Gasteiger partial charge in [0.2, 0.25) is 0 Å². The highest BCUT2D eigenvalue weighted by atomic mass is 32.1. The topological polar surface area (TPSA) is 52.6 Å². The molecule has 0 unspecified atom stereocenters. The third kappa shape index (κ3) is 4.80.